The molecule has 0 aliphatic heterocycles. The lowest BCUT2D eigenvalue weighted by atomic mass is 9.83. The second-order valence-corrected chi connectivity index (χ2v) is 8.26. The summed E-state index contributed by atoms with van der Waals surface area (Å²) < 4.78 is 27.0. The minimum Gasteiger partial charge on any atom is -0.310 e. The van der Waals surface area contributed by atoms with Crippen molar-refractivity contribution >= 4 is 10.0 Å². The Kier molecular flexibility index (Phi) is 5.41. The van der Waals surface area contributed by atoms with Crippen LogP contribution in [0.4, 0.5) is 0 Å². The molecule has 1 fully saturated rings. The normalized spacial score (nSPS) is 22.3. The molecule has 0 radical (unpaired) electrons. The molecule has 1 saturated carbocycles. The molecule has 2 N–H and O–H groups in total. The van der Waals surface area contributed by atoms with Crippen molar-refractivity contribution in [3.8, 4) is 0 Å². The standard InChI is InChI=1S/C16H26N2O2S/c1-12(2)17-10-14-4-6-15(7-5-14)11-21(19,20)18-16-8-13(3)9-16/h4-7,12-13,16-18H,8-11H2,1-3H3. The monoisotopic (exact) mass is 310 g/mol. The fraction of sp³-hybridized carbons (Fsp3) is 0.625. The van der Waals surface area contributed by atoms with Crippen LogP contribution < -0.4 is 10.0 Å². The highest BCUT2D eigenvalue weighted by molar-refractivity contribution is 7.88. The van der Waals surface area contributed by atoms with E-state index in [1.165, 1.54) is 5.56 Å². The molecular weight excluding hydrogens is 284 g/mol. The van der Waals surface area contributed by atoms with Crippen LogP contribution in [-0.4, -0.2) is 20.5 Å². The van der Waals surface area contributed by atoms with Gasteiger partial charge in [0, 0.05) is 18.6 Å². The smallest absolute Gasteiger partial charge is 0.216 e. The molecular formula is C16H26N2O2S. The summed E-state index contributed by atoms with van der Waals surface area (Å²) in [7, 11) is -3.22. The molecule has 4 nitrogen and oxygen atoms in total. The average Bonchev–Trinajstić information content (AvgIpc) is 2.35. The Morgan fingerprint density at radius 2 is 1.71 bits per heavy atom. The largest absolute Gasteiger partial charge is 0.310 e. The number of hydrogen-bond acceptors (Lipinski definition) is 3. The molecule has 0 heterocycles. The van der Waals surface area contributed by atoms with Crippen molar-refractivity contribution in [2.45, 2.75) is 58.0 Å². The Balaban J connectivity index is 1.87. The second-order valence-electron chi connectivity index (χ2n) is 6.50. The van der Waals surface area contributed by atoms with Gasteiger partial charge in [0.05, 0.1) is 5.75 Å². The third-order valence-electron chi connectivity index (χ3n) is 3.81. The van der Waals surface area contributed by atoms with Gasteiger partial charge in [-0.25, -0.2) is 13.1 Å². The molecule has 1 aromatic carbocycles. The Bertz CT molecular complexity index is 546. The lowest BCUT2D eigenvalue weighted by Gasteiger charge is -2.32. The van der Waals surface area contributed by atoms with Gasteiger partial charge >= 0.3 is 0 Å². The topological polar surface area (TPSA) is 58.2 Å². The molecule has 0 unspecified atom stereocenters. The van der Waals surface area contributed by atoms with E-state index < -0.39 is 10.0 Å². The summed E-state index contributed by atoms with van der Waals surface area (Å²) in [5.41, 5.74) is 2.01. The van der Waals surface area contributed by atoms with Crippen LogP contribution in [0.1, 0.15) is 44.7 Å². The van der Waals surface area contributed by atoms with Crippen LogP contribution in [0.5, 0.6) is 0 Å². The molecule has 118 valence electrons. The lowest BCUT2D eigenvalue weighted by molar-refractivity contribution is 0.270. The number of rotatable bonds is 7. The lowest BCUT2D eigenvalue weighted by Crippen LogP contribution is -2.43. The molecule has 0 amide bonds. The zero-order valence-corrected chi connectivity index (χ0v) is 13.9. The predicted molar refractivity (Wildman–Crippen MR) is 86.4 cm³/mol. The van der Waals surface area contributed by atoms with Crippen molar-refractivity contribution in [1.29, 1.82) is 0 Å². The van der Waals surface area contributed by atoms with Crippen LogP contribution in [0.25, 0.3) is 0 Å². The minimum absolute atomic E-state index is 0.0652. The van der Waals surface area contributed by atoms with Crippen LogP contribution in [0.15, 0.2) is 24.3 Å². The van der Waals surface area contributed by atoms with Gasteiger partial charge < -0.3 is 5.32 Å². The third-order valence-corrected chi connectivity index (χ3v) is 5.22. The van der Waals surface area contributed by atoms with Crippen LogP contribution >= 0.6 is 0 Å². The second kappa shape index (κ2) is 6.90. The number of benzene rings is 1. The van der Waals surface area contributed by atoms with E-state index in [9.17, 15) is 8.42 Å². The summed E-state index contributed by atoms with van der Waals surface area (Å²) in [6.07, 6.45) is 1.91. The van der Waals surface area contributed by atoms with Gasteiger partial charge in [-0.15, -0.1) is 0 Å². The van der Waals surface area contributed by atoms with Gasteiger partial charge in [-0.2, -0.15) is 0 Å². The zero-order valence-electron chi connectivity index (χ0n) is 13.1. The van der Waals surface area contributed by atoms with E-state index >= 15 is 0 Å². The van der Waals surface area contributed by atoms with E-state index in [1.807, 2.05) is 24.3 Å². The number of sulfonamides is 1. The first-order chi connectivity index (χ1) is 9.84. The zero-order chi connectivity index (χ0) is 15.5. The minimum atomic E-state index is -3.22. The summed E-state index contributed by atoms with van der Waals surface area (Å²) in [5.74, 6) is 0.709. The van der Waals surface area contributed by atoms with E-state index in [1.54, 1.807) is 0 Å². The van der Waals surface area contributed by atoms with Gasteiger partial charge in [0.15, 0.2) is 0 Å². The Hall–Kier alpha value is -0.910. The van der Waals surface area contributed by atoms with Gasteiger partial charge in [-0.1, -0.05) is 45.0 Å². The molecule has 1 aromatic rings. The molecule has 0 spiro atoms. The molecule has 0 atom stereocenters. The first-order valence-corrected chi connectivity index (χ1v) is 9.30. The fourth-order valence-electron chi connectivity index (χ4n) is 2.59. The first-order valence-electron chi connectivity index (χ1n) is 7.65. The molecule has 0 saturated heterocycles. The van der Waals surface area contributed by atoms with E-state index in [0.717, 1.165) is 24.9 Å². The Morgan fingerprint density at radius 1 is 1.14 bits per heavy atom. The molecule has 0 aromatic heterocycles. The maximum Gasteiger partial charge on any atom is 0.216 e. The van der Waals surface area contributed by atoms with E-state index in [0.29, 0.717) is 12.0 Å². The van der Waals surface area contributed by atoms with Crippen LogP contribution in [0.3, 0.4) is 0 Å². The maximum absolute atomic E-state index is 12.1. The van der Waals surface area contributed by atoms with Crippen molar-refractivity contribution in [2.24, 2.45) is 5.92 Å². The van der Waals surface area contributed by atoms with Gasteiger partial charge in [0.25, 0.3) is 0 Å². The molecule has 5 heteroatoms. The number of nitrogens with one attached hydrogen (secondary N) is 2. The van der Waals surface area contributed by atoms with E-state index in [-0.39, 0.29) is 11.8 Å². The average molecular weight is 310 g/mol. The van der Waals surface area contributed by atoms with Gasteiger partial charge in [-0.05, 0) is 29.9 Å². The molecule has 21 heavy (non-hydrogen) atoms. The third kappa shape index (κ3) is 5.41. The fourth-order valence-corrected chi connectivity index (χ4v) is 4.00. The van der Waals surface area contributed by atoms with Crippen molar-refractivity contribution in [3.05, 3.63) is 35.4 Å². The summed E-state index contributed by atoms with van der Waals surface area (Å²) in [6.45, 7) is 7.17. The van der Waals surface area contributed by atoms with E-state index in [4.69, 9.17) is 0 Å². The molecule has 1 aliphatic carbocycles. The highest BCUT2D eigenvalue weighted by Crippen LogP contribution is 2.27. The van der Waals surface area contributed by atoms with Gasteiger partial charge in [0.2, 0.25) is 10.0 Å². The van der Waals surface area contributed by atoms with E-state index in [2.05, 4.69) is 30.8 Å². The maximum atomic E-state index is 12.1. The Morgan fingerprint density at radius 3 is 2.24 bits per heavy atom. The quantitative estimate of drug-likeness (QED) is 0.813. The van der Waals surface area contributed by atoms with Crippen LogP contribution in [-0.2, 0) is 22.3 Å². The summed E-state index contributed by atoms with van der Waals surface area (Å²) >= 11 is 0. The summed E-state index contributed by atoms with van der Waals surface area (Å²) in [6, 6.07) is 8.37. The first kappa shape index (κ1) is 16.5. The van der Waals surface area contributed by atoms with Crippen molar-refractivity contribution in [1.82, 2.24) is 10.0 Å². The molecule has 0 bridgehead atoms. The highest BCUT2D eigenvalue weighted by Gasteiger charge is 2.28. The Labute approximate surface area is 128 Å². The van der Waals surface area contributed by atoms with Crippen molar-refractivity contribution in [2.75, 3.05) is 0 Å². The summed E-state index contributed by atoms with van der Waals surface area (Å²) in [4.78, 5) is 0. The summed E-state index contributed by atoms with van der Waals surface area (Å²) in [5, 5.41) is 3.34. The predicted octanol–water partition coefficient (Wildman–Crippen LogP) is 2.40. The van der Waals surface area contributed by atoms with Gasteiger partial charge in [0.1, 0.15) is 0 Å². The van der Waals surface area contributed by atoms with Crippen molar-refractivity contribution in [3.63, 3.8) is 0 Å². The SMILES string of the molecule is CC1CC(NS(=O)(=O)Cc2ccc(CNC(C)C)cc2)C1. The highest BCUT2D eigenvalue weighted by atomic mass is 32.2. The number of hydrogen-bond donors (Lipinski definition) is 2. The van der Waals surface area contributed by atoms with Crippen molar-refractivity contribution < 1.29 is 8.42 Å². The van der Waals surface area contributed by atoms with Crippen LogP contribution in [0, 0.1) is 5.92 Å². The molecule has 2 rings (SSSR count). The van der Waals surface area contributed by atoms with Crippen LogP contribution in [0.2, 0.25) is 0 Å². The van der Waals surface area contributed by atoms with Gasteiger partial charge in [-0.3, -0.25) is 0 Å². The molecule has 1 aliphatic rings.